The molecule has 2 aromatic rings. The summed E-state index contributed by atoms with van der Waals surface area (Å²) >= 11 is 1.50. The maximum atomic E-state index is 13.1. The Kier molecular flexibility index (Phi) is 6.29. The summed E-state index contributed by atoms with van der Waals surface area (Å²) in [5.41, 5.74) is 1.21. The van der Waals surface area contributed by atoms with Crippen molar-refractivity contribution in [3.63, 3.8) is 0 Å². The third-order valence-corrected chi connectivity index (χ3v) is 8.32. The highest BCUT2D eigenvalue weighted by Gasteiger charge is 2.30. The zero-order valence-corrected chi connectivity index (χ0v) is 17.9. The molecule has 1 fully saturated rings. The second-order valence-electron chi connectivity index (χ2n) is 7.27. The molecule has 4 rings (SSSR count). The minimum Gasteiger partial charge on any atom is -0.379 e. The van der Waals surface area contributed by atoms with Crippen LogP contribution < -0.4 is 5.32 Å². The maximum Gasteiger partial charge on any atom is 0.258 e. The number of fused-ring (bicyclic) bond motifs is 1. The lowest BCUT2D eigenvalue weighted by Gasteiger charge is -2.26. The number of hydrogen-bond donors (Lipinski definition) is 1. The van der Waals surface area contributed by atoms with Gasteiger partial charge in [-0.15, -0.1) is 11.3 Å². The van der Waals surface area contributed by atoms with Crippen LogP contribution in [0.5, 0.6) is 0 Å². The normalized spacial score (nSPS) is 18.5. The van der Waals surface area contributed by atoms with Gasteiger partial charge in [0.25, 0.3) is 5.91 Å². The van der Waals surface area contributed by atoms with Gasteiger partial charge in [-0.2, -0.15) is 4.31 Å². The first-order valence-corrected chi connectivity index (χ1v) is 12.3. The molecule has 0 saturated carbocycles. The van der Waals surface area contributed by atoms with Crippen LogP contribution in [0.4, 0.5) is 5.13 Å². The number of hydrogen-bond acceptors (Lipinski definition) is 6. The van der Waals surface area contributed by atoms with Gasteiger partial charge in [0.1, 0.15) is 0 Å². The van der Waals surface area contributed by atoms with Crippen LogP contribution in [0.3, 0.4) is 0 Å². The van der Waals surface area contributed by atoms with Gasteiger partial charge < -0.3 is 4.74 Å². The predicted octanol–water partition coefficient (Wildman–Crippen LogP) is 3.08. The minimum atomic E-state index is -3.77. The van der Waals surface area contributed by atoms with Crippen molar-refractivity contribution in [1.82, 2.24) is 9.29 Å². The molecule has 1 aromatic carbocycles. The highest BCUT2D eigenvalue weighted by Crippen LogP contribution is 2.29. The van der Waals surface area contributed by atoms with Crippen molar-refractivity contribution in [3.8, 4) is 0 Å². The molecule has 1 saturated heterocycles. The smallest absolute Gasteiger partial charge is 0.258 e. The van der Waals surface area contributed by atoms with E-state index in [1.807, 2.05) is 0 Å². The second-order valence-corrected chi connectivity index (χ2v) is 10.3. The van der Waals surface area contributed by atoms with Crippen molar-refractivity contribution >= 4 is 32.4 Å². The van der Waals surface area contributed by atoms with Crippen LogP contribution in [0.25, 0.3) is 0 Å². The Bertz CT molecular complexity index is 956. The summed E-state index contributed by atoms with van der Waals surface area (Å²) in [6, 6.07) is 6.35. The van der Waals surface area contributed by atoms with Crippen LogP contribution in [0.15, 0.2) is 29.2 Å². The lowest BCUT2D eigenvalue weighted by atomic mass is 10.0. The Morgan fingerprint density at radius 1 is 1.07 bits per heavy atom. The summed E-state index contributed by atoms with van der Waals surface area (Å²) in [7, 11) is -3.77. The SMILES string of the molecule is O=C(Nc1nc2c(s1)CCCCCC2)c1ccccc1S(=O)(=O)N1CCOCC1. The number of morpholine rings is 1. The van der Waals surface area contributed by atoms with Crippen molar-refractivity contribution < 1.29 is 17.9 Å². The summed E-state index contributed by atoms with van der Waals surface area (Å²) in [5.74, 6) is -0.445. The van der Waals surface area contributed by atoms with E-state index in [0.29, 0.717) is 18.3 Å². The lowest BCUT2D eigenvalue weighted by Crippen LogP contribution is -2.41. The summed E-state index contributed by atoms with van der Waals surface area (Å²) in [6.45, 7) is 1.30. The Hall–Kier alpha value is -1.81. The van der Waals surface area contributed by atoms with Gasteiger partial charge in [0.15, 0.2) is 5.13 Å². The largest absolute Gasteiger partial charge is 0.379 e. The number of amides is 1. The fraction of sp³-hybridized carbons (Fsp3) is 0.500. The number of rotatable bonds is 4. The number of aromatic nitrogens is 1. The quantitative estimate of drug-likeness (QED) is 0.797. The molecule has 156 valence electrons. The average Bonchev–Trinajstić information content (AvgIpc) is 3.09. The Morgan fingerprint density at radius 2 is 1.79 bits per heavy atom. The molecule has 0 unspecified atom stereocenters. The van der Waals surface area contributed by atoms with Crippen molar-refractivity contribution in [2.24, 2.45) is 0 Å². The van der Waals surface area contributed by atoms with Crippen LogP contribution in [0.1, 0.15) is 46.6 Å². The Labute approximate surface area is 175 Å². The molecular formula is C20H25N3O4S2. The van der Waals surface area contributed by atoms with Crippen molar-refractivity contribution in [2.45, 2.75) is 43.4 Å². The number of anilines is 1. The van der Waals surface area contributed by atoms with Gasteiger partial charge in [-0.1, -0.05) is 25.0 Å². The predicted molar refractivity (Wildman–Crippen MR) is 112 cm³/mol. The molecule has 1 aromatic heterocycles. The third-order valence-electron chi connectivity index (χ3n) is 5.29. The first-order chi connectivity index (χ1) is 14.1. The van der Waals surface area contributed by atoms with E-state index >= 15 is 0 Å². The van der Waals surface area contributed by atoms with E-state index in [4.69, 9.17) is 4.74 Å². The first-order valence-electron chi connectivity index (χ1n) is 10.0. The number of sulfonamides is 1. The number of ether oxygens (including phenoxy) is 1. The molecule has 1 amide bonds. The summed E-state index contributed by atoms with van der Waals surface area (Å²) < 4.78 is 32.8. The van der Waals surface area contributed by atoms with Crippen LogP contribution in [-0.2, 0) is 27.6 Å². The van der Waals surface area contributed by atoms with Gasteiger partial charge in [0.05, 0.1) is 29.4 Å². The van der Waals surface area contributed by atoms with Crippen LogP contribution >= 0.6 is 11.3 Å². The number of aryl methyl sites for hydroxylation is 2. The molecule has 29 heavy (non-hydrogen) atoms. The monoisotopic (exact) mass is 435 g/mol. The topological polar surface area (TPSA) is 88.6 Å². The fourth-order valence-electron chi connectivity index (χ4n) is 3.73. The number of thiazole rings is 1. The van der Waals surface area contributed by atoms with E-state index in [9.17, 15) is 13.2 Å². The molecular weight excluding hydrogens is 410 g/mol. The van der Waals surface area contributed by atoms with Gasteiger partial charge >= 0.3 is 0 Å². The van der Waals surface area contributed by atoms with Crippen molar-refractivity contribution in [2.75, 3.05) is 31.6 Å². The van der Waals surface area contributed by atoms with Crippen LogP contribution in [-0.4, -0.2) is 49.9 Å². The highest BCUT2D eigenvalue weighted by molar-refractivity contribution is 7.89. The van der Waals surface area contributed by atoms with E-state index in [1.165, 1.54) is 39.4 Å². The number of benzene rings is 1. The van der Waals surface area contributed by atoms with Crippen molar-refractivity contribution in [1.29, 1.82) is 0 Å². The fourth-order valence-corrected chi connectivity index (χ4v) is 6.37. The molecule has 2 aliphatic rings. The van der Waals surface area contributed by atoms with E-state index < -0.39 is 15.9 Å². The van der Waals surface area contributed by atoms with Crippen LogP contribution in [0.2, 0.25) is 0 Å². The molecule has 0 atom stereocenters. The zero-order chi connectivity index (χ0) is 20.3. The van der Waals surface area contributed by atoms with Gasteiger partial charge in [-0.05, 0) is 37.8 Å². The van der Waals surface area contributed by atoms with Gasteiger partial charge in [-0.3, -0.25) is 10.1 Å². The van der Waals surface area contributed by atoms with Crippen LogP contribution in [0, 0.1) is 0 Å². The third kappa shape index (κ3) is 4.53. The van der Waals surface area contributed by atoms with Crippen molar-refractivity contribution in [3.05, 3.63) is 40.4 Å². The average molecular weight is 436 g/mol. The molecule has 0 spiro atoms. The van der Waals surface area contributed by atoms with E-state index in [-0.39, 0.29) is 23.5 Å². The standard InChI is InChI=1S/C20H25N3O4S2/c24-19(22-20-21-16-8-3-1-2-4-9-17(16)28-20)15-7-5-6-10-18(15)29(25,26)23-11-13-27-14-12-23/h5-7,10H,1-4,8-9,11-14H2,(H,21,22,24). The summed E-state index contributed by atoms with van der Waals surface area (Å²) in [6.07, 6.45) is 6.62. The van der Waals surface area contributed by atoms with E-state index in [1.54, 1.807) is 18.2 Å². The number of nitrogens with zero attached hydrogens (tertiary/aromatic N) is 2. The van der Waals surface area contributed by atoms with Gasteiger partial charge in [0.2, 0.25) is 10.0 Å². The number of carbonyl (C=O) groups is 1. The highest BCUT2D eigenvalue weighted by atomic mass is 32.2. The molecule has 7 nitrogen and oxygen atoms in total. The zero-order valence-electron chi connectivity index (χ0n) is 16.2. The van der Waals surface area contributed by atoms with Gasteiger partial charge in [0, 0.05) is 18.0 Å². The lowest BCUT2D eigenvalue weighted by molar-refractivity contribution is 0.0730. The number of carbonyl (C=O) groups excluding carboxylic acids is 1. The number of nitrogens with one attached hydrogen (secondary N) is 1. The molecule has 2 heterocycles. The minimum absolute atomic E-state index is 0.0225. The van der Waals surface area contributed by atoms with E-state index in [2.05, 4.69) is 10.3 Å². The molecule has 1 N–H and O–H groups in total. The molecule has 0 radical (unpaired) electrons. The Morgan fingerprint density at radius 3 is 2.59 bits per heavy atom. The molecule has 0 bridgehead atoms. The second kappa shape index (κ2) is 8.91. The maximum absolute atomic E-state index is 13.1. The first kappa shape index (κ1) is 20.5. The summed E-state index contributed by atoms with van der Waals surface area (Å²) in [5, 5.41) is 3.37. The Balaban J connectivity index is 1.58. The molecule has 9 heteroatoms. The molecule has 1 aliphatic heterocycles. The molecule has 1 aliphatic carbocycles. The van der Waals surface area contributed by atoms with E-state index in [0.717, 1.165) is 31.4 Å². The summed E-state index contributed by atoms with van der Waals surface area (Å²) in [4.78, 5) is 18.8. The van der Waals surface area contributed by atoms with Gasteiger partial charge in [-0.25, -0.2) is 13.4 Å².